The van der Waals surface area contributed by atoms with Crippen molar-refractivity contribution in [2.45, 2.75) is 0 Å². The van der Waals surface area contributed by atoms with Gasteiger partial charge in [-0.25, -0.2) is 4.68 Å². The van der Waals surface area contributed by atoms with Gasteiger partial charge in [0.15, 0.2) is 0 Å². The van der Waals surface area contributed by atoms with Gasteiger partial charge in [0, 0.05) is 21.8 Å². The zero-order valence-corrected chi connectivity index (χ0v) is 14.1. The molecule has 0 radical (unpaired) electrons. The first kappa shape index (κ1) is 15.7. The van der Waals surface area contributed by atoms with Crippen LogP contribution in [0.25, 0.3) is 23.0 Å². The van der Waals surface area contributed by atoms with Crippen molar-refractivity contribution in [2.75, 3.05) is 0 Å². The van der Waals surface area contributed by atoms with E-state index >= 15 is 0 Å². The minimum Gasteiger partial charge on any atom is -0.240 e. The minimum absolute atomic E-state index is 0.0426. The summed E-state index contributed by atoms with van der Waals surface area (Å²) in [5.41, 5.74) is 3.30. The van der Waals surface area contributed by atoms with Crippen molar-refractivity contribution in [1.82, 2.24) is 9.78 Å². The van der Waals surface area contributed by atoms with Crippen LogP contribution in [-0.2, 0) is 0 Å². The van der Waals surface area contributed by atoms with Gasteiger partial charge in [-0.3, -0.25) is 0 Å². The third-order valence-electron chi connectivity index (χ3n) is 3.42. The number of nitrogens with zero attached hydrogens (tertiary/aromatic N) is 4. The van der Waals surface area contributed by atoms with Gasteiger partial charge in [-0.15, -0.1) is 0 Å². The van der Waals surface area contributed by atoms with Crippen LogP contribution in [-0.4, -0.2) is 9.78 Å². The molecule has 0 amide bonds. The SMILES string of the molecule is N#CC(C#N)=Cc1cn(-c2ccccc2)nc1-c1ccc(Br)cc1. The fraction of sp³-hybridized carbons (Fsp3) is 0. The third kappa shape index (κ3) is 3.27. The Labute approximate surface area is 148 Å². The quantitative estimate of drug-likeness (QED) is 0.622. The van der Waals surface area contributed by atoms with Crippen molar-refractivity contribution < 1.29 is 0 Å². The second kappa shape index (κ2) is 6.95. The van der Waals surface area contributed by atoms with E-state index in [1.54, 1.807) is 10.8 Å². The minimum atomic E-state index is 0.0426. The Morgan fingerprint density at radius 2 is 1.67 bits per heavy atom. The van der Waals surface area contributed by atoms with Crippen LogP contribution in [0.2, 0.25) is 0 Å². The van der Waals surface area contributed by atoms with E-state index in [4.69, 9.17) is 10.5 Å². The summed E-state index contributed by atoms with van der Waals surface area (Å²) in [6, 6.07) is 21.2. The van der Waals surface area contributed by atoms with E-state index in [0.717, 1.165) is 21.3 Å². The van der Waals surface area contributed by atoms with E-state index in [1.807, 2.05) is 72.9 Å². The van der Waals surface area contributed by atoms with Gasteiger partial charge in [0.2, 0.25) is 0 Å². The standard InChI is InChI=1S/C19H11BrN4/c20-17-8-6-15(7-9-17)19-16(10-14(11-21)12-22)13-24(23-19)18-4-2-1-3-5-18/h1-10,13H. The van der Waals surface area contributed by atoms with Gasteiger partial charge >= 0.3 is 0 Å². The first-order chi connectivity index (χ1) is 11.7. The van der Waals surface area contributed by atoms with E-state index < -0.39 is 0 Å². The number of allylic oxidation sites excluding steroid dienone is 1. The molecular formula is C19H11BrN4. The molecule has 0 saturated carbocycles. The maximum absolute atomic E-state index is 9.03. The molecule has 0 spiro atoms. The highest BCUT2D eigenvalue weighted by atomic mass is 79.9. The highest BCUT2D eigenvalue weighted by molar-refractivity contribution is 9.10. The van der Waals surface area contributed by atoms with Crippen LogP contribution in [0.4, 0.5) is 0 Å². The van der Waals surface area contributed by atoms with Crippen molar-refractivity contribution >= 4 is 22.0 Å². The predicted octanol–water partition coefficient (Wildman–Crippen LogP) is 4.73. The number of nitriles is 2. The summed E-state index contributed by atoms with van der Waals surface area (Å²) < 4.78 is 2.72. The lowest BCUT2D eigenvalue weighted by Crippen LogP contribution is -1.93. The molecule has 0 atom stereocenters. The van der Waals surface area contributed by atoms with Gasteiger partial charge in [0.1, 0.15) is 23.4 Å². The Balaban J connectivity index is 2.17. The molecule has 2 aromatic carbocycles. The molecule has 0 bridgehead atoms. The number of rotatable bonds is 3. The van der Waals surface area contributed by atoms with Crippen molar-refractivity contribution in [1.29, 1.82) is 10.5 Å². The van der Waals surface area contributed by atoms with Crippen LogP contribution in [0.1, 0.15) is 5.56 Å². The molecule has 0 saturated heterocycles. The number of para-hydroxylation sites is 1. The van der Waals surface area contributed by atoms with E-state index in [2.05, 4.69) is 21.0 Å². The molecule has 4 nitrogen and oxygen atoms in total. The van der Waals surface area contributed by atoms with Crippen molar-refractivity contribution in [2.24, 2.45) is 0 Å². The molecule has 1 heterocycles. The topological polar surface area (TPSA) is 65.4 Å². The van der Waals surface area contributed by atoms with Gasteiger partial charge in [-0.2, -0.15) is 15.6 Å². The number of benzene rings is 2. The van der Waals surface area contributed by atoms with Gasteiger partial charge in [-0.05, 0) is 30.3 Å². The Morgan fingerprint density at radius 1 is 1.00 bits per heavy atom. The Kier molecular flexibility index (Phi) is 4.56. The molecule has 3 rings (SSSR count). The summed E-state index contributed by atoms with van der Waals surface area (Å²) in [6.07, 6.45) is 3.38. The number of hydrogen-bond donors (Lipinski definition) is 0. The van der Waals surface area contributed by atoms with Crippen LogP contribution in [0, 0.1) is 22.7 Å². The van der Waals surface area contributed by atoms with Crippen molar-refractivity contribution in [3.8, 4) is 29.1 Å². The van der Waals surface area contributed by atoms with Gasteiger partial charge in [0.05, 0.1) is 5.69 Å². The predicted molar refractivity (Wildman–Crippen MR) is 95.9 cm³/mol. The fourth-order valence-electron chi connectivity index (χ4n) is 2.28. The lowest BCUT2D eigenvalue weighted by molar-refractivity contribution is 0.884. The fourth-order valence-corrected chi connectivity index (χ4v) is 2.55. The molecule has 114 valence electrons. The lowest BCUT2D eigenvalue weighted by atomic mass is 10.1. The molecule has 24 heavy (non-hydrogen) atoms. The number of aromatic nitrogens is 2. The molecule has 0 aliphatic rings. The maximum atomic E-state index is 9.03. The van der Waals surface area contributed by atoms with Crippen LogP contribution < -0.4 is 0 Å². The highest BCUT2D eigenvalue weighted by Crippen LogP contribution is 2.27. The van der Waals surface area contributed by atoms with Crippen LogP contribution in [0.15, 0.2) is 70.8 Å². The monoisotopic (exact) mass is 374 g/mol. The Hall–Kier alpha value is -3.15. The van der Waals surface area contributed by atoms with Gasteiger partial charge < -0.3 is 0 Å². The lowest BCUT2D eigenvalue weighted by Gasteiger charge is -2.00. The molecule has 0 aliphatic heterocycles. The molecule has 1 aromatic heterocycles. The number of halogens is 1. The van der Waals surface area contributed by atoms with Gasteiger partial charge in [0.25, 0.3) is 0 Å². The van der Waals surface area contributed by atoms with E-state index in [0.29, 0.717) is 5.69 Å². The molecule has 0 aliphatic carbocycles. The highest BCUT2D eigenvalue weighted by Gasteiger charge is 2.11. The van der Waals surface area contributed by atoms with E-state index in [9.17, 15) is 0 Å². The molecule has 0 unspecified atom stereocenters. The summed E-state index contributed by atoms with van der Waals surface area (Å²) in [7, 11) is 0. The summed E-state index contributed by atoms with van der Waals surface area (Å²) >= 11 is 3.42. The smallest absolute Gasteiger partial charge is 0.130 e. The Bertz CT molecular complexity index is 955. The zero-order valence-electron chi connectivity index (χ0n) is 12.5. The molecule has 5 heteroatoms. The maximum Gasteiger partial charge on any atom is 0.130 e. The van der Waals surface area contributed by atoms with Crippen LogP contribution >= 0.6 is 15.9 Å². The van der Waals surface area contributed by atoms with Crippen molar-refractivity contribution in [3.63, 3.8) is 0 Å². The first-order valence-electron chi connectivity index (χ1n) is 7.14. The molecule has 0 fully saturated rings. The van der Waals surface area contributed by atoms with Gasteiger partial charge in [-0.1, -0.05) is 46.3 Å². The number of hydrogen-bond acceptors (Lipinski definition) is 3. The zero-order chi connectivity index (χ0) is 16.9. The summed E-state index contributed by atoms with van der Waals surface area (Å²) in [5.74, 6) is 0. The largest absolute Gasteiger partial charge is 0.240 e. The molecule has 3 aromatic rings. The first-order valence-corrected chi connectivity index (χ1v) is 7.93. The second-order valence-corrected chi connectivity index (χ2v) is 5.92. The van der Waals surface area contributed by atoms with Crippen LogP contribution in [0.3, 0.4) is 0 Å². The average Bonchev–Trinajstić information content (AvgIpc) is 3.05. The van der Waals surface area contributed by atoms with Crippen LogP contribution in [0.5, 0.6) is 0 Å². The summed E-state index contributed by atoms with van der Waals surface area (Å²) in [6.45, 7) is 0. The molecule has 0 N–H and O–H groups in total. The summed E-state index contributed by atoms with van der Waals surface area (Å²) in [4.78, 5) is 0. The average molecular weight is 375 g/mol. The van der Waals surface area contributed by atoms with Crippen molar-refractivity contribution in [3.05, 3.63) is 76.4 Å². The van der Waals surface area contributed by atoms with E-state index in [1.165, 1.54) is 0 Å². The molecular weight excluding hydrogens is 364 g/mol. The second-order valence-electron chi connectivity index (χ2n) is 5.00. The summed E-state index contributed by atoms with van der Waals surface area (Å²) in [5, 5.41) is 22.7. The Morgan fingerprint density at radius 3 is 2.29 bits per heavy atom. The van der Waals surface area contributed by atoms with E-state index in [-0.39, 0.29) is 5.57 Å². The third-order valence-corrected chi connectivity index (χ3v) is 3.95. The normalized spacial score (nSPS) is 9.79.